The van der Waals surface area contributed by atoms with Crippen molar-refractivity contribution >= 4 is 34.3 Å². The van der Waals surface area contributed by atoms with Crippen LogP contribution in [0.2, 0.25) is 5.02 Å². The minimum absolute atomic E-state index is 0.0465. The molecule has 0 saturated carbocycles. The van der Waals surface area contributed by atoms with E-state index in [4.69, 9.17) is 11.6 Å². The van der Waals surface area contributed by atoms with E-state index >= 15 is 0 Å². The number of rotatable bonds is 4. The Morgan fingerprint density at radius 1 is 1.18 bits per heavy atom. The molecular weight excluding hydrogens is 374 g/mol. The molecule has 4 rings (SSSR count). The summed E-state index contributed by atoms with van der Waals surface area (Å²) >= 11 is 6.09. The van der Waals surface area contributed by atoms with Gasteiger partial charge in [-0.2, -0.15) is 0 Å². The highest BCUT2D eigenvalue weighted by atomic mass is 35.5. The van der Waals surface area contributed by atoms with Crippen LogP contribution in [0, 0.1) is 5.92 Å². The number of carbonyl (C=O) groups is 2. The van der Waals surface area contributed by atoms with Gasteiger partial charge in [0, 0.05) is 42.3 Å². The monoisotopic (exact) mass is 395 g/mol. The molecule has 28 heavy (non-hydrogen) atoms. The Morgan fingerprint density at radius 3 is 2.89 bits per heavy atom. The van der Waals surface area contributed by atoms with Crippen LogP contribution in [0.5, 0.6) is 0 Å². The van der Waals surface area contributed by atoms with Gasteiger partial charge in [0.15, 0.2) is 0 Å². The molecular formula is C22H22ClN3O2. The second-order valence-electron chi connectivity index (χ2n) is 7.23. The molecule has 2 aromatic carbocycles. The quantitative estimate of drug-likeness (QED) is 0.698. The van der Waals surface area contributed by atoms with Crippen molar-refractivity contribution in [3.8, 4) is 0 Å². The maximum absolute atomic E-state index is 12.9. The van der Waals surface area contributed by atoms with Crippen molar-refractivity contribution in [2.24, 2.45) is 5.92 Å². The van der Waals surface area contributed by atoms with E-state index in [2.05, 4.69) is 10.3 Å². The van der Waals surface area contributed by atoms with Gasteiger partial charge in [0.25, 0.3) is 11.8 Å². The van der Waals surface area contributed by atoms with Crippen molar-refractivity contribution in [3.05, 3.63) is 70.9 Å². The molecule has 2 amide bonds. The first kappa shape index (κ1) is 18.6. The number of hydrogen-bond donors (Lipinski definition) is 2. The van der Waals surface area contributed by atoms with Crippen LogP contribution in [0.1, 0.15) is 33.6 Å². The third kappa shape index (κ3) is 3.90. The molecule has 0 aliphatic carbocycles. The zero-order valence-corrected chi connectivity index (χ0v) is 16.2. The lowest BCUT2D eigenvalue weighted by Gasteiger charge is -2.33. The van der Waals surface area contributed by atoms with Crippen LogP contribution < -0.4 is 5.32 Å². The number of nitrogens with zero attached hydrogens (tertiary/aromatic N) is 1. The van der Waals surface area contributed by atoms with Gasteiger partial charge in [-0.25, -0.2) is 0 Å². The summed E-state index contributed by atoms with van der Waals surface area (Å²) in [6.07, 6.45) is 3.80. The van der Waals surface area contributed by atoms with E-state index in [1.807, 2.05) is 35.4 Å². The van der Waals surface area contributed by atoms with E-state index in [0.717, 1.165) is 30.3 Å². The summed E-state index contributed by atoms with van der Waals surface area (Å²) in [5, 5.41) is 4.44. The number of halogens is 1. The first-order chi connectivity index (χ1) is 13.6. The molecule has 6 heteroatoms. The van der Waals surface area contributed by atoms with Gasteiger partial charge >= 0.3 is 0 Å². The summed E-state index contributed by atoms with van der Waals surface area (Å²) in [5.41, 5.74) is 2.20. The molecule has 1 atom stereocenters. The van der Waals surface area contributed by atoms with Crippen molar-refractivity contribution < 1.29 is 9.59 Å². The molecule has 0 bridgehead atoms. The molecule has 2 N–H and O–H groups in total. The van der Waals surface area contributed by atoms with E-state index < -0.39 is 0 Å². The summed E-state index contributed by atoms with van der Waals surface area (Å²) in [6.45, 7) is 1.93. The molecule has 3 aromatic rings. The molecule has 0 unspecified atom stereocenters. The van der Waals surface area contributed by atoms with Crippen LogP contribution in [0.15, 0.2) is 54.7 Å². The number of hydrogen-bond acceptors (Lipinski definition) is 2. The van der Waals surface area contributed by atoms with Gasteiger partial charge in [-0.05, 0) is 55.2 Å². The van der Waals surface area contributed by atoms with Crippen LogP contribution in [0.25, 0.3) is 10.9 Å². The van der Waals surface area contributed by atoms with E-state index in [-0.39, 0.29) is 17.7 Å². The Hall–Kier alpha value is -2.79. The number of benzene rings is 2. The zero-order chi connectivity index (χ0) is 19.5. The second-order valence-corrected chi connectivity index (χ2v) is 7.64. The Kier molecular flexibility index (Phi) is 5.35. The van der Waals surface area contributed by atoms with Crippen LogP contribution in [-0.2, 0) is 0 Å². The minimum Gasteiger partial charge on any atom is -0.361 e. The number of carbonyl (C=O) groups excluding carboxylic acids is 2. The molecule has 5 nitrogen and oxygen atoms in total. The molecule has 1 saturated heterocycles. The lowest BCUT2D eigenvalue weighted by Crippen LogP contribution is -2.43. The van der Waals surface area contributed by atoms with Crippen LogP contribution >= 0.6 is 11.6 Å². The number of aromatic amines is 1. The van der Waals surface area contributed by atoms with Gasteiger partial charge in [-0.15, -0.1) is 0 Å². The summed E-state index contributed by atoms with van der Waals surface area (Å²) < 4.78 is 0. The average molecular weight is 396 g/mol. The highest BCUT2D eigenvalue weighted by Gasteiger charge is 2.25. The maximum atomic E-state index is 12.9. The third-order valence-electron chi connectivity index (χ3n) is 5.28. The maximum Gasteiger partial charge on any atom is 0.253 e. The van der Waals surface area contributed by atoms with Crippen LogP contribution in [-0.4, -0.2) is 41.3 Å². The summed E-state index contributed by atoms with van der Waals surface area (Å²) in [6, 6.07) is 14.7. The molecule has 2 heterocycles. The molecule has 0 radical (unpaired) electrons. The van der Waals surface area contributed by atoms with Crippen molar-refractivity contribution in [2.75, 3.05) is 19.6 Å². The van der Waals surface area contributed by atoms with Gasteiger partial charge in [-0.3, -0.25) is 9.59 Å². The molecule has 1 fully saturated rings. The van der Waals surface area contributed by atoms with Gasteiger partial charge in [0.05, 0.1) is 10.6 Å². The van der Waals surface area contributed by atoms with E-state index in [0.29, 0.717) is 29.2 Å². The van der Waals surface area contributed by atoms with Gasteiger partial charge < -0.3 is 15.2 Å². The van der Waals surface area contributed by atoms with Crippen molar-refractivity contribution in [1.29, 1.82) is 0 Å². The van der Waals surface area contributed by atoms with E-state index in [9.17, 15) is 9.59 Å². The lowest BCUT2D eigenvalue weighted by atomic mass is 9.97. The largest absolute Gasteiger partial charge is 0.361 e. The van der Waals surface area contributed by atoms with E-state index in [1.165, 1.54) is 0 Å². The Balaban J connectivity index is 1.38. The molecule has 144 valence electrons. The normalized spacial score (nSPS) is 16.9. The number of aromatic nitrogens is 1. The fourth-order valence-corrected chi connectivity index (χ4v) is 3.98. The highest BCUT2D eigenvalue weighted by molar-refractivity contribution is 6.33. The van der Waals surface area contributed by atoms with E-state index in [1.54, 1.807) is 24.3 Å². The summed E-state index contributed by atoms with van der Waals surface area (Å²) in [4.78, 5) is 30.3. The molecule has 1 aromatic heterocycles. The van der Waals surface area contributed by atoms with Gasteiger partial charge in [0.2, 0.25) is 0 Å². The molecule has 1 aliphatic heterocycles. The number of H-pyrrole nitrogens is 1. The lowest BCUT2D eigenvalue weighted by molar-refractivity contribution is 0.0671. The number of fused-ring (bicyclic) bond motifs is 1. The number of piperidine rings is 1. The fourth-order valence-electron chi connectivity index (χ4n) is 3.76. The highest BCUT2D eigenvalue weighted by Crippen LogP contribution is 2.21. The predicted molar refractivity (Wildman–Crippen MR) is 111 cm³/mol. The number of likely N-dealkylation sites (tertiary alicyclic amines) is 1. The first-order valence-electron chi connectivity index (χ1n) is 9.51. The molecule has 0 spiro atoms. The third-order valence-corrected chi connectivity index (χ3v) is 5.61. The van der Waals surface area contributed by atoms with Crippen LogP contribution in [0.3, 0.4) is 0 Å². The van der Waals surface area contributed by atoms with Crippen molar-refractivity contribution in [2.45, 2.75) is 12.8 Å². The van der Waals surface area contributed by atoms with Crippen LogP contribution in [0.4, 0.5) is 0 Å². The number of amides is 2. The topological polar surface area (TPSA) is 65.2 Å². The Bertz CT molecular complexity index is 1010. The fraction of sp³-hybridized carbons (Fsp3) is 0.273. The second kappa shape index (κ2) is 8.07. The average Bonchev–Trinajstić information content (AvgIpc) is 3.20. The Labute approximate surface area is 168 Å². The smallest absolute Gasteiger partial charge is 0.253 e. The number of nitrogens with one attached hydrogen (secondary N) is 2. The summed E-state index contributed by atoms with van der Waals surface area (Å²) in [7, 11) is 0. The van der Waals surface area contributed by atoms with Gasteiger partial charge in [-0.1, -0.05) is 23.7 Å². The van der Waals surface area contributed by atoms with Crippen molar-refractivity contribution in [1.82, 2.24) is 15.2 Å². The first-order valence-corrected chi connectivity index (χ1v) is 9.89. The zero-order valence-electron chi connectivity index (χ0n) is 15.5. The van der Waals surface area contributed by atoms with Crippen molar-refractivity contribution in [3.63, 3.8) is 0 Å². The van der Waals surface area contributed by atoms with Gasteiger partial charge in [0.1, 0.15) is 0 Å². The minimum atomic E-state index is -0.174. The molecule has 1 aliphatic rings. The predicted octanol–water partition coefficient (Wildman–Crippen LogP) is 4.10. The standard InChI is InChI=1S/C22H22ClN3O2/c23-19-6-2-1-5-18(19)21(27)25-13-15-4-3-11-26(14-15)22(28)17-7-8-20-16(12-17)9-10-24-20/h1-2,5-10,12,15,24H,3-4,11,13-14H2,(H,25,27)/t15-/m0/s1. The summed E-state index contributed by atoms with van der Waals surface area (Å²) in [5.74, 6) is 0.109. The Morgan fingerprint density at radius 2 is 2.04 bits per heavy atom. The SMILES string of the molecule is O=C(NC[C@@H]1CCCN(C(=O)c2ccc3[nH]ccc3c2)C1)c1ccccc1Cl.